The van der Waals surface area contributed by atoms with Gasteiger partial charge in [0.15, 0.2) is 0 Å². The molecule has 0 spiro atoms. The average molecular weight is 355 g/mol. The molecule has 1 atom stereocenters. The van der Waals surface area contributed by atoms with Gasteiger partial charge in [0.1, 0.15) is 0 Å². The van der Waals surface area contributed by atoms with Gasteiger partial charge in [-0.25, -0.2) is 0 Å². The molecule has 3 rings (SSSR count). The molecule has 0 saturated carbocycles. The molecule has 22 heavy (non-hydrogen) atoms. The first-order valence-electron chi connectivity index (χ1n) is 6.31. The second-order valence-electron chi connectivity index (χ2n) is 4.48. The summed E-state index contributed by atoms with van der Waals surface area (Å²) >= 11 is 8.71. The molecule has 2 heterocycles. The van der Waals surface area contributed by atoms with Crippen LogP contribution >= 0.6 is 35.1 Å². The number of benzene rings is 1. The van der Waals surface area contributed by atoms with Gasteiger partial charge in [0, 0.05) is 5.02 Å². The molecule has 0 saturated heterocycles. The summed E-state index contributed by atoms with van der Waals surface area (Å²) < 4.78 is 1.65. The number of halogens is 1. The van der Waals surface area contributed by atoms with E-state index in [4.69, 9.17) is 16.7 Å². The number of aromatic nitrogens is 3. The number of fused-ring (bicyclic) bond motifs is 1. The molecule has 1 aliphatic rings. The lowest BCUT2D eigenvalue weighted by Crippen LogP contribution is -2.27. The third-order valence-corrected chi connectivity index (χ3v) is 5.04. The summed E-state index contributed by atoms with van der Waals surface area (Å²) in [5.74, 6) is -0.878. The molecule has 9 heteroatoms. The molecule has 0 unspecified atom stereocenters. The van der Waals surface area contributed by atoms with E-state index in [0.717, 1.165) is 5.56 Å². The fourth-order valence-corrected chi connectivity index (χ4v) is 3.75. The Hall–Kier alpha value is -1.51. The van der Waals surface area contributed by atoms with Gasteiger partial charge in [-0.3, -0.25) is 4.79 Å². The molecule has 0 bridgehead atoms. The minimum absolute atomic E-state index is 0.0341. The molecule has 6 nitrogen and oxygen atoms in total. The lowest BCUT2D eigenvalue weighted by Gasteiger charge is -2.21. The molecular formula is C13H11ClN4O2S2. The fraction of sp³-hybridized carbons (Fsp3) is 0.231. The minimum atomic E-state index is -0.878. The van der Waals surface area contributed by atoms with Crippen molar-refractivity contribution in [2.24, 2.45) is 5.10 Å². The number of carboxylic acids is 1. The Balaban J connectivity index is 2.07. The van der Waals surface area contributed by atoms with Gasteiger partial charge in [-0.05, 0) is 24.0 Å². The highest BCUT2D eigenvalue weighted by molar-refractivity contribution is 8.00. The van der Waals surface area contributed by atoms with Gasteiger partial charge < -0.3 is 5.11 Å². The summed E-state index contributed by atoms with van der Waals surface area (Å²) in [5, 5.41) is 23.4. The maximum absolute atomic E-state index is 11.1. The van der Waals surface area contributed by atoms with Crippen LogP contribution in [0.3, 0.4) is 0 Å². The van der Waals surface area contributed by atoms with E-state index < -0.39 is 5.97 Å². The Morgan fingerprint density at radius 1 is 1.41 bits per heavy atom. The standard InChI is InChI=1S/C13H11ClN4O2S2/c1-21-12-15-16-13-18(12)17-11(9(22-13)6-10(19)20)7-2-4-8(14)5-3-7/h2-5,9H,6H2,1H3,(H,19,20)/t9-/m1/s1. The quantitative estimate of drug-likeness (QED) is 0.850. The number of rotatable bonds is 4. The van der Waals surface area contributed by atoms with Crippen molar-refractivity contribution < 1.29 is 9.90 Å². The van der Waals surface area contributed by atoms with E-state index in [2.05, 4.69) is 15.3 Å². The molecule has 0 fully saturated rings. The highest BCUT2D eigenvalue weighted by Crippen LogP contribution is 2.34. The third-order valence-electron chi connectivity index (χ3n) is 3.03. The Morgan fingerprint density at radius 2 is 2.14 bits per heavy atom. The van der Waals surface area contributed by atoms with E-state index in [-0.39, 0.29) is 11.7 Å². The first-order valence-corrected chi connectivity index (χ1v) is 8.79. The van der Waals surface area contributed by atoms with E-state index in [1.807, 2.05) is 18.4 Å². The summed E-state index contributed by atoms with van der Waals surface area (Å²) in [6.45, 7) is 0. The summed E-state index contributed by atoms with van der Waals surface area (Å²) in [6.07, 6.45) is 1.86. The number of carbonyl (C=O) groups is 1. The topological polar surface area (TPSA) is 80.4 Å². The number of aliphatic carboxylic acids is 1. The number of thioether (sulfide) groups is 2. The molecule has 0 aliphatic carbocycles. The monoisotopic (exact) mass is 354 g/mol. The molecule has 2 aromatic rings. The smallest absolute Gasteiger partial charge is 0.304 e. The van der Waals surface area contributed by atoms with Crippen molar-refractivity contribution >= 4 is 46.8 Å². The fourth-order valence-electron chi connectivity index (χ4n) is 2.05. The van der Waals surface area contributed by atoms with Crippen LogP contribution in [0.15, 0.2) is 39.7 Å². The first kappa shape index (κ1) is 15.4. The molecular weight excluding hydrogens is 344 g/mol. The van der Waals surface area contributed by atoms with Crippen LogP contribution in [-0.2, 0) is 4.79 Å². The lowest BCUT2D eigenvalue weighted by atomic mass is 10.1. The zero-order valence-corrected chi connectivity index (χ0v) is 13.8. The number of hydrogen-bond donors (Lipinski definition) is 1. The zero-order chi connectivity index (χ0) is 15.7. The summed E-state index contributed by atoms with van der Waals surface area (Å²) in [7, 11) is 0. The lowest BCUT2D eigenvalue weighted by molar-refractivity contribution is -0.136. The van der Waals surface area contributed by atoms with Crippen molar-refractivity contribution in [3.05, 3.63) is 34.9 Å². The molecule has 1 aliphatic heterocycles. The van der Waals surface area contributed by atoms with Gasteiger partial charge in [0.25, 0.3) is 0 Å². The third kappa shape index (κ3) is 2.99. The highest BCUT2D eigenvalue weighted by Gasteiger charge is 2.30. The Kier molecular flexibility index (Phi) is 4.42. The van der Waals surface area contributed by atoms with Gasteiger partial charge in [0.05, 0.1) is 17.4 Å². The highest BCUT2D eigenvalue weighted by atomic mass is 35.5. The molecule has 1 aromatic heterocycles. The van der Waals surface area contributed by atoms with Crippen molar-refractivity contribution in [3.8, 4) is 0 Å². The van der Waals surface area contributed by atoms with Gasteiger partial charge in [-0.2, -0.15) is 9.78 Å². The molecule has 0 amide bonds. The second kappa shape index (κ2) is 6.31. The van der Waals surface area contributed by atoms with Crippen molar-refractivity contribution in [2.75, 3.05) is 6.26 Å². The van der Waals surface area contributed by atoms with Crippen molar-refractivity contribution in [3.63, 3.8) is 0 Å². The van der Waals surface area contributed by atoms with E-state index in [1.54, 1.807) is 16.8 Å². The predicted octanol–water partition coefficient (Wildman–Crippen LogP) is 2.85. The molecule has 1 aromatic carbocycles. The van der Waals surface area contributed by atoms with Gasteiger partial charge in [-0.15, -0.1) is 10.2 Å². The van der Waals surface area contributed by atoms with Crippen LogP contribution in [0.2, 0.25) is 5.02 Å². The van der Waals surface area contributed by atoms with Crippen LogP contribution in [-0.4, -0.2) is 43.2 Å². The van der Waals surface area contributed by atoms with Crippen LogP contribution in [0.5, 0.6) is 0 Å². The maximum atomic E-state index is 11.1. The van der Waals surface area contributed by atoms with E-state index in [0.29, 0.717) is 21.0 Å². The first-order chi connectivity index (χ1) is 10.6. The summed E-state index contributed by atoms with van der Waals surface area (Å²) in [4.78, 5) is 11.1. The van der Waals surface area contributed by atoms with Gasteiger partial charge in [-0.1, -0.05) is 47.3 Å². The van der Waals surface area contributed by atoms with Crippen LogP contribution in [0, 0.1) is 0 Å². The van der Waals surface area contributed by atoms with Crippen LogP contribution < -0.4 is 0 Å². The van der Waals surface area contributed by atoms with E-state index in [9.17, 15) is 4.79 Å². The Labute approximate surface area is 140 Å². The van der Waals surface area contributed by atoms with Crippen LogP contribution in [0.4, 0.5) is 0 Å². The minimum Gasteiger partial charge on any atom is -0.481 e. The largest absolute Gasteiger partial charge is 0.481 e. The predicted molar refractivity (Wildman–Crippen MR) is 87.1 cm³/mol. The average Bonchev–Trinajstić information content (AvgIpc) is 2.88. The summed E-state index contributed by atoms with van der Waals surface area (Å²) in [5.41, 5.74) is 1.53. The maximum Gasteiger partial charge on any atom is 0.304 e. The zero-order valence-electron chi connectivity index (χ0n) is 11.4. The van der Waals surface area contributed by atoms with E-state index in [1.165, 1.54) is 23.5 Å². The van der Waals surface area contributed by atoms with Crippen LogP contribution in [0.25, 0.3) is 0 Å². The van der Waals surface area contributed by atoms with Gasteiger partial charge in [0.2, 0.25) is 10.3 Å². The van der Waals surface area contributed by atoms with Gasteiger partial charge >= 0.3 is 5.97 Å². The SMILES string of the molecule is CSc1nnc2n1N=C(c1ccc(Cl)cc1)[C@@H](CC(=O)O)S2. The van der Waals surface area contributed by atoms with Crippen LogP contribution in [0.1, 0.15) is 12.0 Å². The Bertz CT molecular complexity index is 745. The normalized spacial score (nSPS) is 17.0. The number of nitrogens with zero attached hydrogens (tertiary/aromatic N) is 4. The van der Waals surface area contributed by atoms with E-state index >= 15 is 0 Å². The number of hydrogen-bond acceptors (Lipinski definition) is 6. The van der Waals surface area contributed by atoms with Crippen molar-refractivity contribution in [1.82, 2.24) is 14.9 Å². The summed E-state index contributed by atoms with van der Waals surface area (Å²) in [6, 6.07) is 7.20. The molecule has 114 valence electrons. The second-order valence-corrected chi connectivity index (χ2v) is 6.86. The Morgan fingerprint density at radius 3 is 2.77 bits per heavy atom. The van der Waals surface area contributed by atoms with Crippen molar-refractivity contribution in [1.29, 1.82) is 0 Å². The number of carboxylic acid groups (broad SMARTS) is 1. The molecule has 1 N–H and O–H groups in total. The van der Waals surface area contributed by atoms with Crippen molar-refractivity contribution in [2.45, 2.75) is 22.0 Å². The molecule has 0 radical (unpaired) electrons.